The van der Waals surface area contributed by atoms with Crippen LogP contribution in [-0.2, 0) is 6.54 Å². The van der Waals surface area contributed by atoms with Gasteiger partial charge in [-0.25, -0.2) is 0 Å². The topological polar surface area (TPSA) is 26.0 Å². The van der Waals surface area contributed by atoms with Crippen molar-refractivity contribution in [3.05, 3.63) is 35.9 Å². The van der Waals surface area contributed by atoms with Gasteiger partial charge in [0.25, 0.3) is 0 Å². The Balaban J connectivity index is 0.000000640. The maximum atomic E-state index is 5.33. The van der Waals surface area contributed by atoms with Crippen molar-refractivity contribution in [3.63, 3.8) is 0 Å². The Morgan fingerprint density at radius 1 is 1.56 bits per heavy atom. The molecule has 0 aliphatic rings. The van der Waals surface area contributed by atoms with E-state index in [1.807, 2.05) is 24.3 Å². The third-order valence-electron chi connectivity index (χ3n) is 1.01. The second-order valence-electron chi connectivity index (χ2n) is 1.62. The summed E-state index contributed by atoms with van der Waals surface area (Å²) in [6.07, 6.45) is 0. The second kappa shape index (κ2) is 4.64. The predicted octanol–water partition coefficient (Wildman–Crippen LogP) is 0.297. The Kier molecular flexibility index (Phi) is 4.52. The molecule has 2 heteroatoms. The number of benzene rings is 1. The third kappa shape index (κ3) is 2.72. The molecule has 2 N–H and O–H groups in total. The van der Waals surface area contributed by atoms with Crippen LogP contribution < -0.4 is 5.73 Å². The van der Waals surface area contributed by atoms with E-state index in [1.54, 1.807) is 0 Å². The van der Waals surface area contributed by atoms with Crippen molar-refractivity contribution in [2.45, 2.75) is 6.54 Å². The van der Waals surface area contributed by atoms with E-state index in [1.165, 1.54) is 0 Å². The van der Waals surface area contributed by atoms with Crippen LogP contribution in [0.3, 0.4) is 0 Å². The Morgan fingerprint density at radius 3 is 2.67 bits per heavy atom. The molecule has 0 unspecified atom stereocenters. The van der Waals surface area contributed by atoms with Gasteiger partial charge in [0.15, 0.2) is 0 Å². The molecule has 0 saturated carbocycles. The fraction of sp³-hybridized carbons (Fsp3) is 0.143. The van der Waals surface area contributed by atoms with Gasteiger partial charge in [-0.3, -0.25) is 0 Å². The summed E-state index contributed by atoms with van der Waals surface area (Å²) in [6, 6.07) is 10.6. The molecular weight excluding hydrogens is 105 g/mol. The van der Waals surface area contributed by atoms with E-state index in [-0.39, 0.29) is 18.9 Å². The van der Waals surface area contributed by atoms with Crippen LogP contribution in [0.4, 0.5) is 0 Å². The molecule has 0 saturated heterocycles. The number of hydrogen-bond donors (Lipinski definition) is 1. The number of rotatable bonds is 1. The summed E-state index contributed by atoms with van der Waals surface area (Å²) >= 11 is 0. The Morgan fingerprint density at radius 2 is 2.33 bits per heavy atom. The van der Waals surface area contributed by atoms with Crippen LogP contribution in [0.5, 0.6) is 0 Å². The van der Waals surface area contributed by atoms with E-state index in [0.717, 1.165) is 5.56 Å². The van der Waals surface area contributed by atoms with Crippen molar-refractivity contribution in [1.82, 2.24) is 0 Å². The normalized spacial score (nSPS) is 8.11. The van der Waals surface area contributed by atoms with Crippen LogP contribution in [0, 0.1) is 6.07 Å². The van der Waals surface area contributed by atoms with Gasteiger partial charge in [0.05, 0.1) is 0 Å². The molecule has 43 valence electrons. The molecule has 0 amide bonds. The van der Waals surface area contributed by atoms with Gasteiger partial charge in [-0.15, -0.1) is 0 Å². The molecule has 1 rings (SSSR count). The summed E-state index contributed by atoms with van der Waals surface area (Å²) in [6.45, 7) is 0.608. The van der Waals surface area contributed by atoms with Gasteiger partial charge < -0.3 is 5.73 Å². The quantitative estimate of drug-likeness (QED) is 0.522. The van der Waals surface area contributed by atoms with Crippen molar-refractivity contribution in [2.75, 3.05) is 0 Å². The summed E-state index contributed by atoms with van der Waals surface area (Å²) in [5.74, 6) is 0. The molecule has 1 nitrogen and oxygen atoms in total. The molecule has 0 fully saturated rings. The maximum absolute atomic E-state index is 5.33. The van der Waals surface area contributed by atoms with Gasteiger partial charge in [0.1, 0.15) is 0 Å². The molecule has 1 aromatic rings. The molecule has 0 aromatic heterocycles. The fourth-order valence-corrected chi connectivity index (χ4v) is 0.557. The van der Waals surface area contributed by atoms with Crippen LogP contribution in [0.25, 0.3) is 0 Å². The minimum atomic E-state index is 0. The SMILES string of the molecule is NCc1c[c]ccc1.[LiH]. The minimum absolute atomic E-state index is 0. The average Bonchev–Trinajstić information content (AvgIpc) is 1.90. The van der Waals surface area contributed by atoms with E-state index in [2.05, 4.69) is 6.07 Å². The van der Waals surface area contributed by atoms with Gasteiger partial charge in [-0.2, -0.15) is 0 Å². The summed E-state index contributed by atoms with van der Waals surface area (Å²) in [4.78, 5) is 0. The number of nitrogens with two attached hydrogens (primary N) is 1. The van der Waals surface area contributed by atoms with Gasteiger partial charge in [-0.05, 0) is 17.7 Å². The first kappa shape index (κ1) is 8.78. The van der Waals surface area contributed by atoms with Gasteiger partial charge in [-0.1, -0.05) is 18.2 Å². The van der Waals surface area contributed by atoms with E-state index < -0.39 is 0 Å². The average molecular weight is 114 g/mol. The van der Waals surface area contributed by atoms with Crippen molar-refractivity contribution >= 4 is 18.9 Å². The molecule has 0 bridgehead atoms. The summed E-state index contributed by atoms with van der Waals surface area (Å²) in [5.41, 5.74) is 6.46. The van der Waals surface area contributed by atoms with Gasteiger partial charge in [0, 0.05) is 6.54 Å². The molecule has 1 radical (unpaired) electrons. The van der Waals surface area contributed by atoms with Crippen molar-refractivity contribution < 1.29 is 0 Å². The molecule has 1 aromatic carbocycles. The van der Waals surface area contributed by atoms with Gasteiger partial charge >= 0.3 is 18.9 Å². The van der Waals surface area contributed by atoms with Crippen LogP contribution in [0.2, 0.25) is 0 Å². The van der Waals surface area contributed by atoms with Crippen molar-refractivity contribution in [1.29, 1.82) is 0 Å². The van der Waals surface area contributed by atoms with Crippen LogP contribution in [0.1, 0.15) is 5.56 Å². The summed E-state index contributed by atoms with van der Waals surface area (Å²) in [7, 11) is 0. The first-order valence-electron chi connectivity index (χ1n) is 2.58. The van der Waals surface area contributed by atoms with Crippen molar-refractivity contribution in [2.24, 2.45) is 5.73 Å². The predicted molar refractivity (Wildman–Crippen MR) is 40.3 cm³/mol. The zero-order valence-corrected chi connectivity index (χ0v) is 4.59. The molecule has 0 aliphatic carbocycles. The van der Waals surface area contributed by atoms with E-state index in [0.29, 0.717) is 6.54 Å². The van der Waals surface area contributed by atoms with Crippen LogP contribution >= 0.6 is 0 Å². The zero-order chi connectivity index (χ0) is 5.82. The zero-order valence-electron chi connectivity index (χ0n) is 4.59. The Labute approximate surface area is 67.4 Å². The Bertz CT molecular complexity index is 150. The van der Waals surface area contributed by atoms with E-state index in [4.69, 9.17) is 5.73 Å². The van der Waals surface area contributed by atoms with E-state index in [9.17, 15) is 0 Å². The van der Waals surface area contributed by atoms with E-state index >= 15 is 0 Å². The molecule has 0 aliphatic heterocycles. The summed E-state index contributed by atoms with van der Waals surface area (Å²) in [5, 5.41) is 0. The monoisotopic (exact) mass is 114 g/mol. The number of hydrogen-bond acceptors (Lipinski definition) is 1. The molecule has 0 atom stereocenters. The molecular formula is C7H9LiN. The van der Waals surface area contributed by atoms with Gasteiger partial charge in [0.2, 0.25) is 0 Å². The van der Waals surface area contributed by atoms with Crippen LogP contribution in [0.15, 0.2) is 24.3 Å². The summed E-state index contributed by atoms with van der Waals surface area (Å²) < 4.78 is 0. The Hall–Kier alpha value is -0.223. The van der Waals surface area contributed by atoms with Crippen molar-refractivity contribution in [3.8, 4) is 0 Å². The first-order valence-corrected chi connectivity index (χ1v) is 2.58. The standard InChI is InChI=1S/C7H8N.Li.H/c8-6-7-4-2-1-3-5-7;;/h1-2,4-5H,6,8H2;;. The first-order chi connectivity index (χ1) is 3.93. The molecule has 0 spiro atoms. The fourth-order valence-electron chi connectivity index (χ4n) is 0.557. The van der Waals surface area contributed by atoms with Crippen LogP contribution in [-0.4, -0.2) is 18.9 Å². The molecule has 0 heterocycles. The molecule has 9 heavy (non-hydrogen) atoms. The third-order valence-corrected chi connectivity index (χ3v) is 1.01. The second-order valence-corrected chi connectivity index (χ2v) is 1.62.